The van der Waals surface area contributed by atoms with Gasteiger partial charge in [-0.2, -0.15) is 5.10 Å². The molecule has 1 aliphatic carbocycles. The van der Waals surface area contributed by atoms with Crippen molar-refractivity contribution in [1.29, 1.82) is 0 Å². The number of hydroxylamine groups is 1. The summed E-state index contributed by atoms with van der Waals surface area (Å²) in [6, 6.07) is 5.96. The van der Waals surface area contributed by atoms with Crippen molar-refractivity contribution in [2.24, 2.45) is 5.10 Å². The average molecular weight is 339 g/mol. The quantitative estimate of drug-likeness (QED) is 0.433. The minimum atomic E-state index is -3.57. The van der Waals surface area contributed by atoms with E-state index in [-0.39, 0.29) is 11.3 Å². The molecule has 1 amide bonds. The average Bonchev–Trinajstić information content (AvgIpc) is 2.81. The molecule has 1 aromatic carbocycles. The number of carbonyl (C=O) groups is 1. The van der Waals surface area contributed by atoms with Crippen molar-refractivity contribution in [2.45, 2.75) is 44.3 Å². The molecule has 7 nitrogen and oxygen atoms in total. The number of nitrogens with one attached hydrogen (secondary N) is 2. The fraction of sp³-hybridized carbons (Fsp3) is 0.467. The largest absolute Gasteiger partial charge is 0.288 e. The Labute approximate surface area is 135 Å². The second-order valence-electron chi connectivity index (χ2n) is 5.58. The smallest absolute Gasteiger partial charge is 0.274 e. The van der Waals surface area contributed by atoms with E-state index in [4.69, 9.17) is 5.21 Å². The highest BCUT2D eigenvalue weighted by atomic mass is 32.2. The summed E-state index contributed by atoms with van der Waals surface area (Å²) in [6.07, 6.45) is 6.12. The maximum Gasteiger partial charge on any atom is 0.274 e. The lowest BCUT2D eigenvalue weighted by atomic mass is 10.1. The lowest BCUT2D eigenvalue weighted by Crippen LogP contribution is -2.22. The maximum absolute atomic E-state index is 12.1. The summed E-state index contributed by atoms with van der Waals surface area (Å²) in [5.41, 5.74) is 3.21. The highest BCUT2D eigenvalue weighted by molar-refractivity contribution is 7.88. The highest BCUT2D eigenvalue weighted by Crippen LogP contribution is 2.15. The fourth-order valence-corrected chi connectivity index (χ4v) is 3.42. The van der Waals surface area contributed by atoms with E-state index >= 15 is 0 Å². The van der Waals surface area contributed by atoms with Gasteiger partial charge in [0.25, 0.3) is 15.9 Å². The molecule has 126 valence electrons. The molecule has 3 N–H and O–H groups in total. The van der Waals surface area contributed by atoms with Crippen molar-refractivity contribution in [3.8, 4) is 0 Å². The molecule has 0 bridgehead atoms. The van der Waals surface area contributed by atoms with Crippen LogP contribution < -0.4 is 10.3 Å². The molecule has 1 aromatic rings. The fourth-order valence-electron chi connectivity index (χ4n) is 2.45. The van der Waals surface area contributed by atoms with Gasteiger partial charge >= 0.3 is 0 Å². The van der Waals surface area contributed by atoms with E-state index in [9.17, 15) is 13.2 Å². The van der Waals surface area contributed by atoms with Gasteiger partial charge in [0.05, 0.1) is 5.75 Å². The Morgan fingerprint density at radius 3 is 2.26 bits per heavy atom. The minimum Gasteiger partial charge on any atom is -0.288 e. The van der Waals surface area contributed by atoms with Gasteiger partial charge in [0.1, 0.15) is 0 Å². The molecule has 8 heteroatoms. The molecule has 1 saturated carbocycles. The molecular weight excluding hydrogens is 318 g/mol. The Morgan fingerprint density at radius 2 is 1.70 bits per heavy atom. The van der Waals surface area contributed by atoms with Crippen LogP contribution in [0.5, 0.6) is 0 Å². The van der Waals surface area contributed by atoms with Gasteiger partial charge in [-0.05, 0) is 43.4 Å². The Balaban J connectivity index is 1.97. The monoisotopic (exact) mass is 339 g/mol. The zero-order valence-electron chi connectivity index (χ0n) is 12.8. The van der Waals surface area contributed by atoms with Gasteiger partial charge in [0, 0.05) is 11.3 Å². The molecular formula is C15H21N3O4S. The third-order valence-corrected chi connectivity index (χ3v) is 4.78. The lowest BCUT2D eigenvalue weighted by Gasteiger charge is -2.07. The second kappa shape index (κ2) is 8.07. The van der Waals surface area contributed by atoms with Crippen LogP contribution in [0.1, 0.15) is 54.4 Å². The van der Waals surface area contributed by atoms with Gasteiger partial charge in [0.15, 0.2) is 0 Å². The van der Waals surface area contributed by atoms with Gasteiger partial charge in [-0.15, -0.1) is 0 Å². The Kier molecular flexibility index (Phi) is 6.12. The zero-order chi connectivity index (χ0) is 16.7. The van der Waals surface area contributed by atoms with E-state index in [1.165, 1.54) is 42.6 Å². The topological polar surface area (TPSA) is 108 Å². The van der Waals surface area contributed by atoms with Gasteiger partial charge in [-0.25, -0.2) is 18.7 Å². The Bertz CT molecular complexity index is 658. The first-order chi connectivity index (χ1) is 11.0. The van der Waals surface area contributed by atoms with Gasteiger partial charge < -0.3 is 0 Å². The SMILES string of the molecule is O=C(NO)c1ccc(CS(=O)(=O)NN=C2CCCCCC2)cc1. The molecule has 0 unspecified atom stereocenters. The van der Waals surface area contributed by atoms with Gasteiger partial charge in [-0.1, -0.05) is 25.0 Å². The zero-order valence-corrected chi connectivity index (χ0v) is 13.6. The summed E-state index contributed by atoms with van der Waals surface area (Å²) in [6.45, 7) is 0. The standard InChI is InChI=1S/C15H21N3O4S/c19-15(17-20)13-9-7-12(8-10-13)11-23(21,22)18-16-14-5-3-1-2-4-6-14/h7-10,18,20H,1-6,11H2,(H,17,19). The predicted molar refractivity (Wildman–Crippen MR) is 86.6 cm³/mol. The van der Waals surface area contributed by atoms with Crippen LogP contribution >= 0.6 is 0 Å². The number of benzene rings is 1. The summed E-state index contributed by atoms with van der Waals surface area (Å²) in [5, 5.41) is 12.6. The molecule has 0 spiro atoms. The minimum absolute atomic E-state index is 0.217. The van der Waals surface area contributed by atoms with E-state index in [0.29, 0.717) is 5.56 Å². The lowest BCUT2D eigenvalue weighted by molar-refractivity contribution is 0.0706. The van der Waals surface area contributed by atoms with E-state index < -0.39 is 15.9 Å². The number of carbonyl (C=O) groups excluding carboxylic acids is 1. The molecule has 0 radical (unpaired) electrons. The predicted octanol–water partition coefficient (Wildman–Crippen LogP) is 1.94. The van der Waals surface area contributed by atoms with E-state index in [1.807, 2.05) is 0 Å². The van der Waals surface area contributed by atoms with E-state index in [2.05, 4.69) is 9.93 Å². The summed E-state index contributed by atoms with van der Waals surface area (Å²) in [7, 11) is -3.57. The number of rotatable bonds is 5. The van der Waals surface area contributed by atoms with Crippen LogP contribution in [-0.2, 0) is 15.8 Å². The second-order valence-corrected chi connectivity index (χ2v) is 7.28. The molecule has 23 heavy (non-hydrogen) atoms. The van der Waals surface area contributed by atoms with Gasteiger partial charge in [0.2, 0.25) is 0 Å². The first-order valence-electron chi connectivity index (χ1n) is 7.58. The summed E-state index contributed by atoms with van der Waals surface area (Å²) in [4.78, 5) is 13.5. The van der Waals surface area contributed by atoms with E-state index in [1.54, 1.807) is 0 Å². The van der Waals surface area contributed by atoms with Gasteiger partial charge in [-0.3, -0.25) is 10.0 Å². The van der Waals surface area contributed by atoms with Crippen molar-refractivity contribution in [2.75, 3.05) is 0 Å². The van der Waals surface area contributed by atoms with E-state index in [0.717, 1.165) is 31.4 Å². The van der Waals surface area contributed by atoms with Crippen molar-refractivity contribution in [3.63, 3.8) is 0 Å². The number of amides is 1. The van der Waals surface area contributed by atoms with Crippen molar-refractivity contribution in [1.82, 2.24) is 10.3 Å². The Morgan fingerprint density at radius 1 is 1.09 bits per heavy atom. The molecule has 0 saturated heterocycles. The first-order valence-corrected chi connectivity index (χ1v) is 9.24. The molecule has 1 fully saturated rings. The summed E-state index contributed by atoms with van der Waals surface area (Å²) in [5.74, 6) is -0.859. The van der Waals surface area contributed by atoms with Crippen LogP contribution in [0, 0.1) is 0 Å². The van der Waals surface area contributed by atoms with Crippen LogP contribution in [0.2, 0.25) is 0 Å². The molecule has 0 aromatic heterocycles. The van der Waals surface area contributed by atoms with Crippen LogP contribution in [0.4, 0.5) is 0 Å². The number of nitrogens with zero attached hydrogens (tertiary/aromatic N) is 1. The van der Waals surface area contributed by atoms with Crippen LogP contribution in [0.25, 0.3) is 0 Å². The Hall–Kier alpha value is -1.93. The van der Waals surface area contributed by atoms with Crippen molar-refractivity contribution >= 4 is 21.6 Å². The number of hydrazone groups is 1. The van der Waals surface area contributed by atoms with Crippen LogP contribution in [0.3, 0.4) is 0 Å². The molecule has 0 atom stereocenters. The summed E-state index contributed by atoms with van der Waals surface area (Å²) < 4.78 is 24.1. The highest BCUT2D eigenvalue weighted by Gasteiger charge is 2.13. The normalized spacial score (nSPS) is 15.6. The molecule has 0 heterocycles. The third-order valence-electron chi connectivity index (χ3n) is 3.70. The molecule has 1 aliphatic rings. The number of hydrogen-bond acceptors (Lipinski definition) is 5. The van der Waals surface area contributed by atoms with Crippen molar-refractivity contribution < 1.29 is 18.4 Å². The third kappa shape index (κ3) is 5.65. The number of hydrogen-bond donors (Lipinski definition) is 3. The van der Waals surface area contributed by atoms with Crippen LogP contribution in [-0.4, -0.2) is 25.2 Å². The molecule has 2 rings (SSSR count). The van der Waals surface area contributed by atoms with Crippen molar-refractivity contribution in [3.05, 3.63) is 35.4 Å². The summed E-state index contributed by atoms with van der Waals surface area (Å²) >= 11 is 0. The number of sulfonamides is 1. The maximum atomic E-state index is 12.1. The van der Waals surface area contributed by atoms with Crippen LogP contribution in [0.15, 0.2) is 29.4 Å². The molecule has 0 aliphatic heterocycles. The first kappa shape index (κ1) is 17.4.